The minimum Gasteiger partial charge on any atom is -0.392 e. The highest BCUT2D eigenvalue weighted by Crippen LogP contribution is 2.35. The van der Waals surface area contributed by atoms with Crippen LogP contribution in [0.25, 0.3) is 11.3 Å². The zero-order valence-corrected chi connectivity index (χ0v) is 11.7. The van der Waals surface area contributed by atoms with Crippen LogP contribution in [-0.2, 0) is 6.61 Å². The number of aliphatic hydroxyl groups is 1. The monoisotopic (exact) mass is 325 g/mol. The van der Waals surface area contributed by atoms with E-state index < -0.39 is 6.17 Å². The van der Waals surface area contributed by atoms with Gasteiger partial charge >= 0.3 is 0 Å². The van der Waals surface area contributed by atoms with E-state index in [-0.39, 0.29) is 12.6 Å². The minimum absolute atomic E-state index is 0.0320. The van der Waals surface area contributed by atoms with Crippen LogP contribution in [0.15, 0.2) is 28.9 Å². The molecule has 0 radical (unpaired) electrons. The number of rotatable bonds is 3. The molecule has 0 saturated heterocycles. The molecule has 1 heterocycles. The summed E-state index contributed by atoms with van der Waals surface area (Å²) in [6.45, 7) is -0.0320. The highest BCUT2D eigenvalue weighted by atomic mass is 79.9. The number of alkyl halides is 1. The molecule has 0 aliphatic heterocycles. The van der Waals surface area contributed by atoms with E-state index in [0.29, 0.717) is 12.1 Å². The second-order valence-corrected chi connectivity index (χ2v) is 5.67. The fraction of sp³-hybridized carbons (Fsp3) is 0.385. The fourth-order valence-corrected chi connectivity index (χ4v) is 2.74. The van der Waals surface area contributed by atoms with Crippen molar-refractivity contribution < 1.29 is 9.50 Å². The molecule has 1 aromatic carbocycles. The molecule has 3 rings (SSSR count). The van der Waals surface area contributed by atoms with Crippen molar-refractivity contribution in [3.63, 3.8) is 0 Å². The van der Waals surface area contributed by atoms with Crippen molar-refractivity contribution >= 4 is 15.9 Å². The topological polar surface area (TPSA) is 50.9 Å². The van der Waals surface area contributed by atoms with E-state index in [4.69, 9.17) is 0 Å². The highest BCUT2D eigenvalue weighted by Gasteiger charge is 2.33. The number of halogens is 2. The van der Waals surface area contributed by atoms with Crippen LogP contribution < -0.4 is 0 Å². The van der Waals surface area contributed by atoms with Crippen molar-refractivity contribution in [1.82, 2.24) is 15.0 Å². The summed E-state index contributed by atoms with van der Waals surface area (Å²) in [5, 5.41) is 17.3. The smallest absolute Gasteiger partial charge is 0.123 e. The number of hydrogen-bond donors (Lipinski definition) is 1. The minimum atomic E-state index is -0.815. The van der Waals surface area contributed by atoms with E-state index in [0.717, 1.165) is 22.0 Å². The van der Waals surface area contributed by atoms with Gasteiger partial charge in [0, 0.05) is 10.0 Å². The second-order valence-electron chi connectivity index (χ2n) is 4.75. The van der Waals surface area contributed by atoms with Gasteiger partial charge in [0.05, 0.1) is 18.8 Å². The van der Waals surface area contributed by atoms with E-state index in [2.05, 4.69) is 26.2 Å². The van der Waals surface area contributed by atoms with Crippen LogP contribution in [0.5, 0.6) is 0 Å². The zero-order chi connectivity index (χ0) is 13.4. The fourth-order valence-electron chi connectivity index (χ4n) is 2.20. The third-order valence-electron chi connectivity index (χ3n) is 3.44. The first kappa shape index (κ1) is 12.7. The summed E-state index contributed by atoms with van der Waals surface area (Å²) in [4.78, 5) is 0. The number of aliphatic hydroxyl groups excluding tert-OH is 1. The molecule has 1 N–H and O–H groups in total. The summed E-state index contributed by atoms with van der Waals surface area (Å²) in [6.07, 6.45) is 2.36. The average molecular weight is 326 g/mol. The lowest BCUT2D eigenvalue weighted by atomic mass is 9.91. The van der Waals surface area contributed by atoms with Gasteiger partial charge in [0.15, 0.2) is 0 Å². The summed E-state index contributed by atoms with van der Waals surface area (Å²) in [7, 11) is 0. The highest BCUT2D eigenvalue weighted by molar-refractivity contribution is 9.10. The van der Waals surface area contributed by atoms with Crippen LogP contribution in [0.4, 0.5) is 4.39 Å². The van der Waals surface area contributed by atoms with Crippen molar-refractivity contribution in [3.05, 3.63) is 34.4 Å². The van der Waals surface area contributed by atoms with Crippen molar-refractivity contribution in [3.8, 4) is 11.3 Å². The molecule has 19 heavy (non-hydrogen) atoms. The lowest BCUT2D eigenvalue weighted by molar-refractivity contribution is 0.108. The molecule has 100 valence electrons. The molecule has 1 aromatic heterocycles. The average Bonchev–Trinajstić information content (AvgIpc) is 2.85. The Morgan fingerprint density at radius 3 is 2.84 bits per heavy atom. The predicted molar refractivity (Wildman–Crippen MR) is 72.2 cm³/mol. The first-order chi connectivity index (χ1) is 9.17. The SMILES string of the molecule is OCc1cc(Br)cc(-c2cn([C@@H]3CC[C@@H]3F)nn2)c1. The first-order valence-electron chi connectivity index (χ1n) is 6.14. The molecule has 0 amide bonds. The van der Waals surface area contributed by atoms with Crippen molar-refractivity contribution in [2.24, 2.45) is 0 Å². The molecule has 1 aliphatic rings. The Kier molecular flexibility index (Phi) is 3.36. The Morgan fingerprint density at radius 1 is 1.37 bits per heavy atom. The van der Waals surface area contributed by atoms with Crippen LogP contribution >= 0.6 is 15.9 Å². The van der Waals surface area contributed by atoms with Crippen molar-refractivity contribution in [2.45, 2.75) is 31.7 Å². The molecule has 6 heteroatoms. The van der Waals surface area contributed by atoms with Gasteiger partial charge in [-0.3, -0.25) is 0 Å². The lowest BCUT2D eigenvalue weighted by Crippen LogP contribution is -2.30. The molecule has 2 aromatic rings. The largest absolute Gasteiger partial charge is 0.392 e. The zero-order valence-electron chi connectivity index (χ0n) is 10.1. The van der Waals surface area contributed by atoms with Gasteiger partial charge in [0.25, 0.3) is 0 Å². The molecule has 4 nitrogen and oxygen atoms in total. The van der Waals surface area contributed by atoms with Crippen molar-refractivity contribution in [1.29, 1.82) is 0 Å². The summed E-state index contributed by atoms with van der Waals surface area (Å²) in [5.74, 6) is 0. The van der Waals surface area contributed by atoms with E-state index in [1.54, 1.807) is 10.9 Å². The first-order valence-corrected chi connectivity index (χ1v) is 6.93. The standard InChI is InChI=1S/C13H13BrFN3O/c14-10-4-8(7-19)3-9(5-10)12-6-18(17-16-12)13-2-1-11(13)15/h3-6,11,13,19H,1-2,7H2/t11-,13+/m0/s1. The molecule has 0 spiro atoms. The molecular weight excluding hydrogens is 313 g/mol. The Bertz CT molecular complexity index is 601. The van der Waals surface area contributed by atoms with Gasteiger partial charge in [0.2, 0.25) is 0 Å². The Morgan fingerprint density at radius 2 is 2.21 bits per heavy atom. The maximum absolute atomic E-state index is 13.3. The molecule has 1 fully saturated rings. The number of hydrogen-bond acceptors (Lipinski definition) is 3. The van der Waals surface area contributed by atoms with Crippen LogP contribution in [0.2, 0.25) is 0 Å². The number of nitrogens with zero attached hydrogens (tertiary/aromatic N) is 3. The van der Waals surface area contributed by atoms with E-state index >= 15 is 0 Å². The summed E-state index contributed by atoms with van der Waals surface area (Å²) in [6, 6.07) is 5.43. The van der Waals surface area contributed by atoms with E-state index in [1.807, 2.05) is 18.2 Å². The van der Waals surface area contributed by atoms with Gasteiger partial charge in [-0.15, -0.1) is 5.10 Å². The van der Waals surface area contributed by atoms with Crippen LogP contribution in [-0.4, -0.2) is 26.3 Å². The summed E-state index contributed by atoms with van der Waals surface area (Å²) in [5.41, 5.74) is 2.35. The quantitative estimate of drug-likeness (QED) is 0.944. The molecule has 0 bridgehead atoms. The summed E-state index contributed by atoms with van der Waals surface area (Å²) < 4.78 is 15.8. The number of aromatic nitrogens is 3. The molecule has 1 saturated carbocycles. The van der Waals surface area contributed by atoms with Gasteiger partial charge < -0.3 is 5.11 Å². The Labute approximate surface area is 118 Å². The maximum Gasteiger partial charge on any atom is 0.123 e. The van der Waals surface area contributed by atoms with Gasteiger partial charge in [0.1, 0.15) is 11.9 Å². The molecule has 2 atom stereocenters. The van der Waals surface area contributed by atoms with Crippen molar-refractivity contribution in [2.75, 3.05) is 0 Å². The molecule has 1 aliphatic carbocycles. The lowest BCUT2D eigenvalue weighted by Gasteiger charge is -2.29. The maximum atomic E-state index is 13.3. The van der Waals surface area contributed by atoms with E-state index in [1.165, 1.54) is 0 Å². The van der Waals surface area contributed by atoms with Crippen LogP contribution in [0.3, 0.4) is 0 Å². The van der Waals surface area contributed by atoms with Crippen LogP contribution in [0.1, 0.15) is 24.4 Å². The second kappa shape index (κ2) is 5.02. The number of benzene rings is 1. The van der Waals surface area contributed by atoms with Gasteiger partial charge in [-0.1, -0.05) is 21.1 Å². The third-order valence-corrected chi connectivity index (χ3v) is 3.90. The Balaban J connectivity index is 1.92. The van der Waals surface area contributed by atoms with Gasteiger partial charge in [-0.2, -0.15) is 0 Å². The molecule has 0 unspecified atom stereocenters. The third kappa shape index (κ3) is 2.42. The van der Waals surface area contributed by atoms with Gasteiger partial charge in [-0.05, 0) is 36.6 Å². The normalized spacial score (nSPS) is 22.3. The summed E-state index contributed by atoms with van der Waals surface area (Å²) >= 11 is 3.40. The molecular formula is C13H13BrFN3O. The van der Waals surface area contributed by atoms with Gasteiger partial charge in [-0.25, -0.2) is 9.07 Å². The van der Waals surface area contributed by atoms with E-state index in [9.17, 15) is 9.50 Å². The Hall–Kier alpha value is -1.27. The van der Waals surface area contributed by atoms with Crippen LogP contribution in [0, 0.1) is 0 Å². The predicted octanol–water partition coefficient (Wildman–Crippen LogP) is 2.87.